The summed E-state index contributed by atoms with van der Waals surface area (Å²) >= 11 is 0. The van der Waals surface area contributed by atoms with Crippen LogP contribution in [0.4, 0.5) is 4.39 Å². The van der Waals surface area contributed by atoms with Gasteiger partial charge in [-0.05, 0) is 25.8 Å². The quantitative estimate of drug-likeness (QED) is 0.748. The summed E-state index contributed by atoms with van der Waals surface area (Å²) in [6.45, 7) is 6.29. The van der Waals surface area contributed by atoms with E-state index in [1.807, 2.05) is 19.9 Å². The molecule has 2 saturated heterocycles. The van der Waals surface area contributed by atoms with Crippen LogP contribution in [0.1, 0.15) is 52.0 Å². The Morgan fingerprint density at radius 3 is 2.71 bits per heavy atom. The van der Waals surface area contributed by atoms with E-state index in [0.717, 1.165) is 25.7 Å². The van der Waals surface area contributed by atoms with Crippen LogP contribution in [0.2, 0.25) is 0 Å². The number of unbranched alkanes of at least 4 members (excludes halogenated alkanes) is 1. The Labute approximate surface area is 143 Å². The van der Waals surface area contributed by atoms with Gasteiger partial charge in [-0.3, -0.25) is 0 Å². The predicted molar refractivity (Wildman–Crippen MR) is 87.8 cm³/mol. The summed E-state index contributed by atoms with van der Waals surface area (Å²) < 4.78 is 38.0. The van der Waals surface area contributed by atoms with Crippen LogP contribution >= 0.6 is 0 Å². The van der Waals surface area contributed by atoms with Crippen molar-refractivity contribution < 1.29 is 23.3 Å². The van der Waals surface area contributed by atoms with Crippen molar-refractivity contribution >= 4 is 0 Å². The second-order valence-corrected chi connectivity index (χ2v) is 6.74. The van der Waals surface area contributed by atoms with Crippen molar-refractivity contribution in [2.45, 2.75) is 83.5 Å². The van der Waals surface area contributed by atoms with E-state index < -0.39 is 12.1 Å². The van der Waals surface area contributed by atoms with Gasteiger partial charge in [-0.15, -0.1) is 0 Å². The molecule has 0 saturated carbocycles. The number of halogens is 1. The molecule has 0 radical (unpaired) electrons. The molecule has 0 bridgehead atoms. The van der Waals surface area contributed by atoms with E-state index in [4.69, 9.17) is 18.9 Å². The Morgan fingerprint density at radius 2 is 2.00 bits per heavy atom. The van der Waals surface area contributed by atoms with Gasteiger partial charge < -0.3 is 18.9 Å². The molecule has 2 heterocycles. The molecule has 2 fully saturated rings. The number of ether oxygens (including phenoxy) is 4. The molecule has 1 aromatic rings. The predicted octanol–water partition coefficient (Wildman–Crippen LogP) is 4.17. The van der Waals surface area contributed by atoms with Crippen LogP contribution in [-0.4, -0.2) is 30.4 Å². The number of hydrogen-bond donors (Lipinski definition) is 0. The zero-order valence-corrected chi connectivity index (χ0v) is 14.7. The van der Waals surface area contributed by atoms with Crippen LogP contribution in [0.15, 0.2) is 24.3 Å². The average molecular weight is 338 g/mol. The highest BCUT2D eigenvalue weighted by molar-refractivity contribution is 5.16. The van der Waals surface area contributed by atoms with Gasteiger partial charge in [-0.2, -0.15) is 0 Å². The fourth-order valence-electron chi connectivity index (χ4n) is 3.28. The van der Waals surface area contributed by atoms with Gasteiger partial charge in [0.2, 0.25) is 0 Å². The van der Waals surface area contributed by atoms with Crippen molar-refractivity contribution in [1.82, 2.24) is 0 Å². The molecular formula is C19H27FO4. The monoisotopic (exact) mass is 338 g/mol. The first-order valence-corrected chi connectivity index (χ1v) is 8.92. The topological polar surface area (TPSA) is 36.9 Å². The molecule has 5 atom stereocenters. The van der Waals surface area contributed by atoms with Crippen LogP contribution in [0.25, 0.3) is 0 Å². The lowest BCUT2D eigenvalue weighted by molar-refractivity contribution is -0.229. The van der Waals surface area contributed by atoms with Gasteiger partial charge in [-0.25, -0.2) is 4.39 Å². The zero-order valence-electron chi connectivity index (χ0n) is 14.7. The molecule has 24 heavy (non-hydrogen) atoms. The minimum absolute atomic E-state index is 0.0758. The summed E-state index contributed by atoms with van der Waals surface area (Å²) in [6, 6.07) is 6.68. The fraction of sp³-hybridized carbons (Fsp3) is 0.684. The molecule has 0 aliphatic carbocycles. The van der Waals surface area contributed by atoms with Crippen molar-refractivity contribution in [2.24, 2.45) is 0 Å². The smallest absolute Gasteiger partial charge is 0.190 e. The van der Waals surface area contributed by atoms with Crippen molar-refractivity contribution in [3.05, 3.63) is 35.6 Å². The minimum atomic E-state index is -0.634. The molecule has 5 heteroatoms. The Hall–Kier alpha value is -1.01. The highest BCUT2D eigenvalue weighted by Gasteiger charge is 2.55. The molecule has 1 aromatic carbocycles. The normalized spacial score (nSPS) is 35.3. The summed E-state index contributed by atoms with van der Waals surface area (Å²) in [6.07, 6.45) is 2.79. The van der Waals surface area contributed by atoms with Gasteiger partial charge in [0.05, 0.1) is 12.7 Å². The maximum Gasteiger partial charge on any atom is 0.190 e. The highest BCUT2D eigenvalue weighted by atomic mass is 19.1. The minimum Gasteiger partial charge on any atom is -0.368 e. The third-order valence-corrected chi connectivity index (χ3v) is 4.89. The molecular weight excluding hydrogens is 311 g/mol. The standard InChI is InChI=1S/C19H27FO4/c1-4-6-11-15-16(21-12-13-9-7-8-10-14(13)20)17-18(22-15)24-19(3,5-2)23-17/h7-10,15-18H,4-6,11-12H2,1-3H3/t15-,16+,17-,18-,19?/m1/s1. The van der Waals surface area contributed by atoms with E-state index >= 15 is 0 Å². The molecule has 3 rings (SSSR count). The van der Waals surface area contributed by atoms with Crippen molar-refractivity contribution in [1.29, 1.82) is 0 Å². The van der Waals surface area contributed by atoms with Crippen LogP contribution in [0.3, 0.4) is 0 Å². The second-order valence-electron chi connectivity index (χ2n) is 6.74. The van der Waals surface area contributed by atoms with Gasteiger partial charge in [-0.1, -0.05) is 44.9 Å². The molecule has 0 amide bonds. The average Bonchev–Trinajstić information content (AvgIpc) is 3.06. The molecule has 0 aromatic heterocycles. The lowest BCUT2D eigenvalue weighted by Gasteiger charge is -2.27. The van der Waals surface area contributed by atoms with E-state index in [-0.39, 0.29) is 30.7 Å². The van der Waals surface area contributed by atoms with Gasteiger partial charge in [0.15, 0.2) is 12.1 Å². The number of hydrogen-bond acceptors (Lipinski definition) is 4. The van der Waals surface area contributed by atoms with Gasteiger partial charge in [0.25, 0.3) is 0 Å². The molecule has 0 spiro atoms. The summed E-state index contributed by atoms with van der Waals surface area (Å²) in [5.41, 5.74) is 0.548. The summed E-state index contributed by atoms with van der Waals surface area (Å²) in [7, 11) is 0. The largest absolute Gasteiger partial charge is 0.368 e. The van der Waals surface area contributed by atoms with Crippen LogP contribution in [0, 0.1) is 5.82 Å². The van der Waals surface area contributed by atoms with E-state index in [1.165, 1.54) is 6.07 Å². The Balaban J connectivity index is 1.69. The van der Waals surface area contributed by atoms with E-state index in [9.17, 15) is 4.39 Å². The summed E-state index contributed by atoms with van der Waals surface area (Å²) in [5.74, 6) is -0.884. The van der Waals surface area contributed by atoms with Gasteiger partial charge in [0, 0.05) is 5.56 Å². The Kier molecular flexibility index (Phi) is 5.55. The maximum atomic E-state index is 13.8. The first-order valence-electron chi connectivity index (χ1n) is 8.92. The first-order chi connectivity index (χ1) is 11.6. The SMILES string of the molecule is CCCC[C@H]1O[C@@H]2OC(C)(CC)O[C@@H]2[C@H]1OCc1ccccc1F. The molecule has 2 aliphatic rings. The van der Waals surface area contributed by atoms with E-state index in [2.05, 4.69) is 6.92 Å². The lowest BCUT2D eigenvalue weighted by atomic mass is 10.0. The number of fused-ring (bicyclic) bond motifs is 1. The summed E-state index contributed by atoms with van der Waals surface area (Å²) in [5, 5.41) is 0. The molecule has 0 N–H and O–H groups in total. The van der Waals surface area contributed by atoms with Crippen LogP contribution in [0.5, 0.6) is 0 Å². The lowest BCUT2D eigenvalue weighted by Crippen LogP contribution is -2.37. The number of benzene rings is 1. The Bertz CT molecular complexity index is 552. The van der Waals surface area contributed by atoms with Crippen molar-refractivity contribution in [3.8, 4) is 0 Å². The van der Waals surface area contributed by atoms with E-state index in [1.54, 1.807) is 12.1 Å². The highest BCUT2D eigenvalue weighted by Crippen LogP contribution is 2.41. The first kappa shape index (κ1) is 17.8. The molecule has 1 unspecified atom stereocenters. The van der Waals surface area contributed by atoms with Gasteiger partial charge >= 0.3 is 0 Å². The fourth-order valence-corrected chi connectivity index (χ4v) is 3.28. The van der Waals surface area contributed by atoms with Crippen molar-refractivity contribution in [2.75, 3.05) is 0 Å². The maximum absolute atomic E-state index is 13.8. The van der Waals surface area contributed by atoms with Crippen LogP contribution in [-0.2, 0) is 25.6 Å². The number of rotatable bonds is 7. The molecule has 134 valence electrons. The molecule has 2 aliphatic heterocycles. The third-order valence-electron chi connectivity index (χ3n) is 4.89. The zero-order chi connectivity index (χ0) is 17.2. The van der Waals surface area contributed by atoms with E-state index in [0.29, 0.717) is 5.56 Å². The Morgan fingerprint density at radius 1 is 1.21 bits per heavy atom. The van der Waals surface area contributed by atoms with Crippen LogP contribution < -0.4 is 0 Å². The second kappa shape index (κ2) is 7.48. The van der Waals surface area contributed by atoms with Crippen molar-refractivity contribution in [3.63, 3.8) is 0 Å². The third kappa shape index (κ3) is 3.64. The summed E-state index contributed by atoms with van der Waals surface area (Å²) in [4.78, 5) is 0. The molecule has 4 nitrogen and oxygen atoms in total. The van der Waals surface area contributed by atoms with Gasteiger partial charge in [0.1, 0.15) is 18.0 Å².